The summed E-state index contributed by atoms with van der Waals surface area (Å²) in [5.41, 5.74) is 2.31. The van der Waals surface area contributed by atoms with E-state index in [4.69, 9.17) is 9.31 Å². The van der Waals surface area contributed by atoms with Gasteiger partial charge in [0, 0.05) is 17.9 Å². The quantitative estimate of drug-likeness (QED) is 0.774. The van der Waals surface area contributed by atoms with Crippen LogP contribution in [-0.4, -0.2) is 23.3 Å². The Labute approximate surface area is 121 Å². The van der Waals surface area contributed by atoms with E-state index in [0.29, 0.717) is 5.41 Å². The van der Waals surface area contributed by atoms with E-state index in [1.807, 2.05) is 12.4 Å². The SMILES string of the molecule is CC1(C)OB(c2cncc(C34CC(C3)C4)c2)OC1(C)C. The number of rotatable bonds is 2. The molecule has 1 aromatic rings. The van der Waals surface area contributed by atoms with E-state index in [1.54, 1.807) is 0 Å². The fraction of sp³-hybridized carbons (Fsp3) is 0.688. The van der Waals surface area contributed by atoms with Gasteiger partial charge in [0.05, 0.1) is 11.2 Å². The lowest BCUT2D eigenvalue weighted by Gasteiger charge is -2.62. The number of hydrogen-bond acceptors (Lipinski definition) is 3. The lowest BCUT2D eigenvalue weighted by Crippen LogP contribution is -2.55. The third kappa shape index (κ3) is 1.58. The highest BCUT2D eigenvalue weighted by Gasteiger charge is 2.58. The van der Waals surface area contributed by atoms with Crippen LogP contribution in [0.1, 0.15) is 52.5 Å². The number of hydrogen-bond donors (Lipinski definition) is 0. The van der Waals surface area contributed by atoms with Gasteiger partial charge in [0.1, 0.15) is 0 Å². The molecule has 3 aliphatic carbocycles. The van der Waals surface area contributed by atoms with Crippen LogP contribution in [0.4, 0.5) is 0 Å². The Morgan fingerprint density at radius 3 is 2.15 bits per heavy atom. The summed E-state index contributed by atoms with van der Waals surface area (Å²) in [6.07, 6.45) is 7.96. The first-order valence-corrected chi connectivity index (χ1v) is 7.62. The number of aromatic nitrogens is 1. The summed E-state index contributed by atoms with van der Waals surface area (Å²) in [5, 5.41) is 0. The van der Waals surface area contributed by atoms with Gasteiger partial charge in [-0.1, -0.05) is 6.07 Å². The van der Waals surface area contributed by atoms with E-state index >= 15 is 0 Å². The molecule has 3 nitrogen and oxygen atoms in total. The van der Waals surface area contributed by atoms with E-state index in [2.05, 4.69) is 38.7 Å². The fourth-order valence-corrected chi connectivity index (χ4v) is 3.69. The van der Waals surface area contributed by atoms with Gasteiger partial charge in [-0.15, -0.1) is 0 Å². The molecule has 106 valence electrons. The summed E-state index contributed by atoms with van der Waals surface area (Å²) in [7, 11) is -0.292. The minimum absolute atomic E-state index is 0.288. The molecule has 0 spiro atoms. The zero-order valence-corrected chi connectivity index (χ0v) is 12.8. The third-order valence-electron chi connectivity index (χ3n) is 5.94. The van der Waals surface area contributed by atoms with Crippen LogP contribution in [0.15, 0.2) is 18.5 Å². The standard InChI is InChI=1S/C16H22BNO2/c1-14(2)15(3,4)20-17(19-14)13-5-12(9-18-10-13)16-6-11(7-16)8-16/h5,9-11H,6-8H2,1-4H3. The Bertz CT molecular complexity index is 536. The molecule has 20 heavy (non-hydrogen) atoms. The molecule has 3 saturated carbocycles. The third-order valence-corrected chi connectivity index (χ3v) is 5.94. The molecule has 0 aromatic carbocycles. The molecular weight excluding hydrogens is 249 g/mol. The van der Waals surface area contributed by atoms with Gasteiger partial charge in [0.15, 0.2) is 0 Å². The van der Waals surface area contributed by atoms with Gasteiger partial charge in [0.2, 0.25) is 0 Å². The van der Waals surface area contributed by atoms with Gasteiger partial charge in [0.25, 0.3) is 0 Å². The lowest BCUT2D eigenvalue weighted by atomic mass is 9.42. The lowest BCUT2D eigenvalue weighted by molar-refractivity contribution is -0.0275. The van der Waals surface area contributed by atoms with Crippen LogP contribution in [0.5, 0.6) is 0 Å². The van der Waals surface area contributed by atoms with Gasteiger partial charge in [-0.25, -0.2) is 0 Å². The van der Waals surface area contributed by atoms with E-state index < -0.39 is 0 Å². The second-order valence-electron chi connectivity index (χ2n) is 7.85. The van der Waals surface area contributed by atoms with Crippen LogP contribution >= 0.6 is 0 Å². The van der Waals surface area contributed by atoms with Crippen LogP contribution in [0, 0.1) is 5.92 Å². The molecule has 2 heterocycles. The first kappa shape index (κ1) is 12.8. The fourth-order valence-electron chi connectivity index (χ4n) is 3.69. The van der Waals surface area contributed by atoms with E-state index in [-0.39, 0.29) is 18.3 Å². The Balaban J connectivity index is 1.62. The van der Waals surface area contributed by atoms with Crippen molar-refractivity contribution in [1.82, 2.24) is 4.98 Å². The van der Waals surface area contributed by atoms with Gasteiger partial charge in [-0.05, 0) is 63.9 Å². The van der Waals surface area contributed by atoms with Gasteiger partial charge < -0.3 is 9.31 Å². The van der Waals surface area contributed by atoms with Crippen molar-refractivity contribution < 1.29 is 9.31 Å². The second kappa shape index (κ2) is 3.66. The predicted molar refractivity (Wildman–Crippen MR) is 79.0 cm³/mol. The molecular formula is C16H22BNO2. The van der Waals surface area contributed by atoms with Crippen molar-refractivity contribution in [1.29, 1.82) is 0 Å². The molecule has 0 amide bonds. The van der Waals surface area contributed by atoms with E-state index in [9.17, 15) is 0 Å². The highest BCUT2D eigenvalue weighted by Crippen LogP contribution is 2.64. The zero-order chi connectivity index (χ0) is 14.2. The van der Waals surface area contributed by atoms with Crippen LogP contribution in [-0.2, 0) is 14.7 Å². The van der Waals surface area contributed by atoms with Crippen LogP contribution in [0.2, 0.25) is 0 Å². The molecule has 2 bridgehead atoms. The molecule has 4 aliphatic rings. The number of nitrogens with zero attached hydrogens (tertiary/aromatic N) is 1. The summed E-state index contributed by atoms with van der Waals surface area (Å²) >= 11 is 0. The van der Waals surface area contributed by atoms with Crippen LogP contribution < -0.4 is 5.46 Å². The molecule has 0 N–H and O–H groups in total. The topological polar surface area (TPSA) is 31.4 Å². The summed E-state index contributed by atoms with van der Waals surface area (Å²) < 4.78 is 12.2. The maximum absolute atomic E-state index is 6.12. The molecule has 0 unspecified atom stereocenters. The van der Waals surface area contributed by atoms with Gasteiger partial charge in [-0.3, -0.25) is 4.98 Å². The monoisotopic (exact) mass is 271 g/mol. The first-order valence-electron chi connectivity index (χ1n) is 7.62. The molecule has 4 heteroatoms. The van der Waals surface area contributed by atoms with Crippen molar-refractivity contribution in [2.45, 2.75) is 63.6 Å². The second-order valence-corrected chi connectivity index (χ2v) is 7.85. The Morgan fingerprint density at radius 1 is 1.05 bits per heavy atom. The maximum Gasteiger partial charge on any atom is 0.496 e. The summed E-state index contributed by atoms with van der Waals surface area (Å²) in [6.45, 7) is 8.35. The summed E-state index contributed by atoms with van der Waals surface area (Å²) in [6, 6.07) is 2.25. The average molecular weight is 271 g/mol. The van der Waals surface area contributed by atoms with Crippen molar-refractivity contribution in [3.8, 4) is 0 Å². The minimum Gasteiger partial charge on any atom is -0.399 e. The molecule has 0 atom stereocenters. The molecule has 1 aromatic heterocycles. The number of pyridine rings is 1. The minimum atomic E-state index is -0.292. The Hall–Kier alpha value is -0.865. The van der Waals surface area contributed by atoms with Crippen molar-refractivity contribution in [2.24, 2.45) is 5.92 Å². The highest BCUT2D eigenvalue weighted by atomic mass is 16.7. The first-order chi connectivity index (χ1) is 9.31. The highest BCUT2D eigenvalue weighted by molar-refractivity contribution is 6.62. The van der Waals surface area contributed by atoms with Crippen molar-refractivity contribution in [2.75, 3.05) is 0 Å². The normalized spacial score (nSPS) is 36.4. The zero-order valence-electron chi connectivity index (χ0n) is 12.8. The van der Waals surface area contributed by atoms with E-state index in [0.717, 1.165) is 11.4 Å². The Kier molecular flexibility index (Phi) is 2.35. The van der Waals surface area contributed by atoms with E-state index in [1.165, 1.54) is 24.8 Å². The average Bonchev–Trinajstić information content (AvgIpc) is 2.44. The largest absolute Gasteiger partial charge is 0.496 e. The van der Waals surface area contributed by atoms with Gasteiger partial charge >= 0.3 is 7.12 Å². The summed E-state index contributed by atoms with van der Waals surface area (Å²) in [4.78, 5) is 4.44. The van der Waals surface area contributed by atoms with Crippen molar-refractivity contribution >= 4 is 12.6 Å². The summed E-state index contributed by atoms with van der Waals surface area (Å²) in [5.74, 6) is 0.982. The van der Waals surface area contributed by atoms with Crippen LogP contribution in [0.25, 0.3) is 0 Å². The van der Waals surface area contributed by atoms with Crippen LogP contribution in [0.3, 0.4) is 0 Å². The molecule has 1 saturated heterocycles. The van der Waals surface area contributed by atoms with Gasteiger partial charge in [-0.2, -0.15) is 0 Å². The van der Waals surface area contributed by atoms with Crippen molar-refractivity contribution in [3.05, 3.63) is 24.0 Å². The Morgan fingerprint density at radius 2 is 1.65 bits per heavy atom. The predicted octanol–water partition coefficient (Wildman–Crippen LogP) is 2.43. The smallest absolute Gasteiger partial charge is 0.399 e. The molecule has 1 aliphatic heterocycles. The molecule has 4 fully saturated rings. The maximum atomic E-state index is 6.12. The van der Waals surface area contributed by atoms with Crippen molar-refractivity contribution in [3.63, 3.8) is 0 Å². The molecule has 0 radical (unpaired) electrons. The molecule has 5 rings (SSSR count).